The molecule has 1 aromatic carbocycles. The Kier molecular flexibility index (Phi) is 7.18. The van der Waals surface area contributed by atoms with Gasteiger partial charge in [-0.05, 0) is 43.5 Å². The van der Waals surface area contributed by atoms with E-state index >= 15 is 0 Å². The molecule has 0 amide bonds. The van der Waals surface area contributed by atoms with Crippen LogP contribution in [0.1, 0.15) is 25.3 Å². The third kappa shape index (κ3) is 5.27. The number of hydrogen-bond acceptors (Lipinski definition) is 2. The summed E-state index contributed by atoms with van der Waals surface area (Å²) in [6.45, 7) is 6.83. The van der Waals surface area contributed by atoms with E-state index in [1.54, 1.807) is 0 Å². The first-order chi connectivity index (χ1) is 13.2. The standard InChI is InChI=1S/C21H29ClN4O/c1-2-23-20(24-11-14-26-12-5-6-13-26)25-17-21(9-15-27-16-10-21)18-7-3-4-8-19(18)22/h3-8,12-13H,2,9-11,14-17H2,1H3,(H2,23,24,25). The van der Waals surface area contributed by atoms with Gasteiger partial charge < -0.3 is 19.9 Å². The molecule has 6 heteroatoms. The maximum Gasteiger partial charge on any atom is 0.191 e. The van der Waals surface area contributed by atoms with Crippen LogP contribution in [0.15, 0.2) is 53.8 Å². The van der Waals surface area contributed by atoms with Crippen LogP contribution in [0.4, 0.5) is 0 Å². The highest BCUT2D eigenvalue weighted by Crippen LogP contribution is 2.38. The Morgan fingerprint density at radius 1 is 1.15 bits per heavy atom. The molecule has 2 heterocycles. The third-order valence-corrected chi connectivity index (χ3v) is 5.44. The van der Waals surface area contributed by atoms with Crippen molar-refractivity contribution >= 4 is 17.6 Å². The van der Waals surface area contributed by atoms with Crippen molar-refractivity contribution in [2.75, 3.05) is 32.8 Å². The molecule has 5 nitrogen and oxygen atoms in total. The van der Waals surface area contributed by atoms with Crippen molar-refractivity contribution in [3.63, 3.8) is 0 Å². The summed E-state index contributed by atoms with van der Waals surface area (Å²) in [5.41, 5.74) is 1.11. The lowest BCUT2D eigenvalue weighted by Gasteiger charge is -2.37. The minimum absolute atomic E-state index is 0.0701. The van der Waals surface area contributed by atoms with Crippen molar-refractivity contribution in [1.82, 2.24) is 15.2 Å². The van der Waals surface area contributed by atoms with Gasteiger partial charge in [0.1, 0.15) is 0 Å². The van der Waals surface area contributed by atoms with Crippen molar-refractivity contribution in [2.45, 2.75) is 31.7 Å². The minimum atomic E-state index is -0.0701. The van der Waals surface area contributed by atoms with Crippen molar-refractivity contribution < 1.29 is 4.74 Å². The largest absolute Gasteiger partial charge is 0.381 e. The van der Waals surface area contributed by atoms with Crippen LogP contribution in [0.2, 0.25) is 5.02 Å². The number of ether oxygens (including phenoxy) is 1. The maximum atomic E-state index is 6.54. The van der Waals surface area contributed by atoms with E-state index in [4.69, 9.17) is 21.3 Å². The molecule has 1 aromatic heterocycles. The Labute approximate surface area is 166 Å². The molecule has 27 heavy (non-hydrogen) atoms. The normalized spacial score (nSPS) is 16.9. The average molecular weight is 389 g/mol. The van der Waals surface area contributed by atoms with Crippen molar-refractivity contribution in [3.05, 3.63) is 59.4 Å². The zero-order valence-corrected chi connectivity index (χ0v) is 16.7. The molecule has 146 valence electrons. The van der Waals surface area contributed by atoms with Crippen LogP contribution in [-0.2, 0) is 16.7 Å². The summed E-state index contributed by atoms with van der Waals surface area (Å²) in [4.78, 5) is 4.92. The molecule has 0 bridgehead atoms. The van der Waals surface area contributed by atoms with Crippen LogP contribution in [-0.4, -0.2) is 43.4 Å². The van der Waals surface area contributed by atoms with Gasteiger partial charge in [-0.15, -0.1) is 0 Å². The van der Waals surface area contributed by atoms with Crippen LogP contribution >= 0.6 is 11.6 Å². The Morgan fingerprint density at radius 3 is 2.59 bits per heavy atom. The highest BCUT2D eigenvalue weighted by atomic mass is 35.5. The number of nitrogens with one attached hydrogen (secondary N) is 2. The Bertz CT molecular complexity index is 724. The quantitative estimate of drug-likeness (QED) is 0.564. The molecule has 0 spiro atoms. The molecule has 0 radical (unpaired) electrons. The summed E-state index contributed by atoms with van der Waals surface area (Å²) in [5.74, 6) is 0.850. The lowest BCUT2D eigenvalue weighted by atomic mass is 9.74. The average Bonchev–Trinajstić information content (AvgIpc) is 3.21. The number of hydrogen-bond donors (Lipinski definition) is 2. The monoisotopic (exact) mass is 388 g/mol. The number of aromatic nitrogens is 1. The van der Waals surface area contributed by atoms with Gasteiger partial charge >= 0.3 is 0 Å². The van der Waals surface area contributed by atoms with Gasteiger partial charge in [-0.3, -0.25) is 4.99 Å². The van der Waals surface area contributed by atoms with Gasteiger partial charge in [0.05, 0.1) is 6.54 Å². The second-order valence-corrected chi connectivity index (χ2v) is 7.32. The fourth-order valence-corrected chi connectivity index (χ4v) is 3.90. The molecule has 3 rings (SSSR count). The number of guanidine groups is 1. The molecule has 1 saturated heterocycles. The van der Waals surface area contributed by atoms with Gasteiger partial charge in [0.25, 0.3) is 0 Å². The van der Waals surface area contributed by atoms with Gasteiger partial charge in [0.15, 0.2) is 5.96 Å². The summed E-state index contributed by atoms with van der Waals surface area (Å²) in [6, 6.07) is 12.2. The first kappa shape index (κ1) is 19.8. The van der Waals surface area contributed by atoms with Crippen LogP contribution in [0.3, 0.4) is 0 Å². The predicted molar refractivity (Wildman–Crippen MR) is 112 cm³/mol. The van der Waals surface area contributed by atoms with Gasteiger partial charge in [-0.1, -0.05) is 29.8 Å². The number of benzene rings is 1. The summed E-state index contributed by atoms with van der Waals surface area (Å²) in [6.07, 6.45) is 6.01. The number of halogens is 1. The van der Waals surface area contributed by atoms with E-state index in [0.717, 1.165) is 56.7 Å². The molecular weight excluding hydrogens is 360 g/mol. The van der Waals surface area contributed by atoms with E-state index in [-0.39, 0.29) is 5.41 Å². The van der Waals surface area contributed by atoms with Gasteiger partial charge in [-0.25, -0.2) is 0 Å². The second kappa shape index (κ2) is 9.81. The molecule has 0 atom stereocenters. The Hall–Kier alpha value is -1.98. The Morgan fingerprint density at radius 2 is 1.89 bits per heavy atom. The molecule has 0 unspecified atom stereocenters. The molecule has 1 aliphatic rings. The van der Waals surface area contributed by atoms with Crippen molar-refractivity contribution in [1.29, 1.82) is 0 Å². The lowest BCUT2D eigenvalue weighted by Crippen LogP contribution is -2.42. The molecule has 0 aliphatic carbocycles. The van der Waals surface area contributed by atoms with Gasteiger partial charge in [0.2, 0.25) is 0 Å². The molecule has 1 fully saturated rings. The van der Waals surface area contributed by atoms with E-state index in [1.807, 2.05) is 24.3 Å². The first-order valence-corrected chi connectivity index (χ1v) is 10.1. The van der Waals surface area contributed by atoms with E-state index in [2.05, 4.69) is 46.7 Å². The lowest BCUT2D eigenvalue weighted by molar-refractivity contribution is 0.0531. The molecule has 2 aromatic rings. The maximum absolute atomic E-state index is 6.54. The zero-order valence-electron chi connectivity index (χ0n) is 16.0. The van der Waals surface area contributed by atoms with Crippen LogP contribution in [0, 0.1) is 0 Å². The number of nitrogens with zero attached hydrogens (tertiary/aromatic N) is 2. The third-order valence-electron chi connectivity index (χ3n) is 5.11. The molecule has 2 N–H and O–H groups in total. The topological polar surface area (TPSA) is 50.6 Å². The highest BCUT2D eigenvalue weighted by molar-refractivity contribution is 6.31. The van der Waals surface area contributed by atoms with E-state index in [9.17, 15) is 0 Å². The first-order valence-electron chi connectivity index (χ1n) is 9.69. The van der Waals surface area contributed by atoms with Crippen molar-refractivity contribution in [2.24, 2.45) is 4.99 Å². The number of rotatable bonds is 7. The van der Waals surface area contributed by atoms with Gasteiger partial charge in [-0.2, -0.15) is 0 Å². The highest BCUT2D eigenvalue weighted by Gasteiger charge is 2.36. The fraction of sp³-hybridized carbons (Fsp3) is 0.476. The van der Waals surface area contributed by atoms with Crippen LogP contribution in [0.5, 0.6) is 0 Å². The smallest absolute Gasteiger partial charge is 0.191 e. The Balaban J connectivity index is 1.71. The van der Waals surface area contributed by atoms with Crippen LogP contribution in [0.25, 0.3) is 0 Å². The summed E-state index contributed by atoms with van der Waals surface area (Å²) < 4.78 is 7.77. The van der Waals surface area contributed by atoms with Gasteiger partial charge in [0, 0.05) is 55.7 Å². The summed E-state index contributed by atoms with van der Waals surface area (Å²) in [5, 5.41) is 7.61. The molecular formula is C21H29ClN4O. The number of aliphatic imine (C=N–C) groups is 1. The van der Waals surface area contributed by atoms with E-state index < -0.39 is 0 Å². The molecule has 0 saturated carbocycles. The SMILES string of the molecule is CCNC(=NCC1(c2ccccc2Cl)CCOCC1)NCCn1cccc1. The fourth-order valence-electron chi connectivity index (χ4n) is 3.56. The molecule has 1 aliphatic heterocycles. The predicted octanol–water partition coefficient (Wildman–Crippen LogP) is 3.45. The second-order valence-electron chi connectivity index (χ2n) is 6.92. The van der Waals surface area contributed by atoms with Crippen LogP contribution < -0.4 is 10.6 Å². The summed E-state index contributed by atoms with van der Waals surface area (Å²) >= 11 is 6.54. The zero-order chi connectivity index (χ0) is 19.0. The summed E-state index contributed by atoms with van der Waals surface area (Å²) in [7, 11) is 0. The van der Waals surface area contributed by atoms with E-state index in [1.165, 1.54) is 5.56 Å². The van der Waals surface area contributed by atoms with E-state index in [0.29, 0.717) is 6.54 Å². The van der Waals surface area contributed by atoms with Crippen molar-refractivity contribution in [3.8, 4) is 0 Å². The minimum Gasteiger partial charge on any atom is -0.381 e.